The van der Waals surface area contributed by atoms with Gasteiger partial charge in [0.15, 0.2) is 5.78 Å². The number of ketones is 1. The molecule has 1 rings (SSSR count). The van der Waals surface area contributed by atoms with Crippen molar-refractivity contribution >= 4 is 43.3 Å². The number of carbonyl (C=O) groups is 1. The monoisotopic (exact) mass is 305 g/mol. The lowest BCUT2D eigenvalue weighted by Crippen LogP contribution is -2.01. The van der Waals surface area contributed by atoms with Crippen molar-refractivity contribution in [3.05, 3.63) is 28.2 Å². The predicted molar refractivity (Wildman–Crippen MR) is 61.3 cm³/mol. The third-order valence-electron chi connectivity index (χ3n) is 1.62. The second-order valence-corrected chi connectivity index (χ2v) is 4.25. The average molecular weight is 307 g/mol. The summed E-state index contributed by atoms with van der Waals surface area (Å²) in [6, 6.07) is 5.21. The molecule has 0 unspecified atom stereocenters. The molecule has 13 heavy (non-hydrogen) atoms. The van der Waals surface area contributed by atoms with Gasteiger partial charge in [-0.15, -0.1) is 0 Å². The van der Waals surface area contributed by atoms with Gasteiger partial charge in [-0.05, 0) is 34.1 Å². The van der Waals surface area contributed by atoms with Crippen LogP contribution < -0.4 is 5.73 Å². The second kappa shape index (κ2) is 4.77. The number of anilines is 1. The topological polar surface area (TPSA) is 43.1 Å². The summed E-state index contributed by atoms with van der Waals surface area (Å²) in [7, 11) is 0. The van der Waals surface area contributed by atoms with E-state index in [0.717, 1.165) is 4.47 Å². The molecule has 0 saturated carbocycles. The highest BCUT2D eigenvalue weighted by Crippen LogP contribution is 2.21. The molecule has 2 nitrogen and oxygen atoms in total. The molecule has 0 atom stereocenters. The number of rotatable bonds is 3. The molecular formula is C9H9Br2NO. The third kappa shape index (κ3) is 2.81. The van der Waals surface area contributed by atoms with Gasteiger partial charge in [0, 0.05) is 27.5 Å². The summed E-state index contributed by atoms with van der Waals surface area (Å²) in [5.41, 5.74) is 6.89. The Bertz CT molecular complexity index is 325. The molecule has 70 valence electrons. The van der Waals surface area contributed by atoms with Gasteiger partial charge in [0.1, 0.15) is 0 Å². The van der Waals surface area contributed by atoms with Gasteiger partial charge in [-0.3, -0.25) is 4.79 Å². The van der Waals surface area contributed by atoms with Gasteiger partial charge in [0.05, 0.1) is 0 Å². The van der Waals surface area contributed by atoms with Gasteiger partial charge < -0.3 is 5.73 Å². The summed E-state index contributed by atoms with van der Waals surface area (Å²) in [5, 5.41) is 0.683. The van der Waals surface area contributed by atoms with Crippen LogP contribution in [0.15, 0.2) is 22.7 Å². The first-order valence-electron chi connectivity index (χ1n) is 3.79. The van der Waals surface area contributed by atoms with Crippen LogP contribution in [0.1, 0.15) is 16.8 Å². The van der Waals surface area contributed by atoms with E-state index in [4.69, 9.17) is 5.73 Å². The Hall–Kier alpha value is -0.350. The summed E-state index contributed by atoms with van der Waals surface area (Å²) >= 11 is 6.53. The molecule has 1 aromatic rings. The summed E-state index contributed by atoms with van der Waals surface area (Å²) < 4.78 is 0.762. The number of hydrogen-bond acceptors (Lipinski definition) is 2. The van der Waals surface area contributed by atoms with Gasteiger partial charge in [0.25, 0.3) is 0 Å². The zero-order chi connectivity index (χ0) is 9.84. The molecule has 0 aliphatic rings. The largest absolute Gasteiger partial charge is 0.399 e. The Balaban J connectivity index is 2.95. The Morgan fingerprint density at radius 2 is 2.15 bits per heavy atom. The maximum atomic E-state index is 11.5. The molecule has 2 N–H and O–H groups in total. The van der Waals surface area contributed by atoms with Crippen LogP contribution in [0, 0.1) is 0 Å². The number of alkyl halides is 1. The van der Waals surface area contributed by atoms with Gasteiger partial charge in [-0.1, -0.05) is 15.9 Å². The number of hydrogen-bond donors (Lipinski definition) is 1. The van der Waals surface area contributed by atoms with Crippen LogP contribution in [-0.2, 0) is 0 Å². The van der Waals surface area contributed by atoms with E-state index in [2.05, 4.69) is 31.9 Å². The molecule has 0 aromatic heterocycles. The molecule has 0 aliphatic carbocycles. The Kier molecular flexibility index (Phi) is 3.93. The molecule has 1 aromatic carbocycles. The van der Waals surface area contributed by atoms with Crippen molar-refractivity contribution in [1.82, 2.24) is 0 Å². The van der Waals surface area contributed by atoms with E-state index in [9.17, 15) is 4.79 Å². The van der Waals surface area contributed by atoms with Crippen LogP contribution in [0.3, 0.4) is 0 Å². The molecule has 0 bridgehead atoms. The third-order valence-corrected chi connectivity index (χ3v) is 2.67. The fourth-order valence-corrected chi connectivity index (χ4v) is 1.96. The minimum absolute atomic E-state index is 0.115. The Morgan fingerprint density at radius 3 is 2.69 bits per heavy atom. The minimum atomic E-state index is 0.115. The van der Waals surface area contributed by atoms with Crippen molar-refractivity contribution in [3.8, 4) is 0 Å². The van der Waals surface area contributed by atoms with Gasteiger partial charge in [-0.2, -0.15) is 0 Å². The summed E-state index contributed by atoms with van der Waals surface area (Å²) in [6.45, 7) is 0. The lowest BCUT2D eigenvalue weighted by molar-refractivity contribution is 0.0989. The first kappa shape index (κ1) is 10.7. The number of nitrogen functional groups attached to an aromatic ring is 1. The zero-order valence-corrected chi connectivity index (χ0v) is 10.1. The summed E-state index contributed by atoms with van der Waals surface area (Å²) in [4.78, 5) is 11.5. The van der Waals surface area contributed by atoms with Gasteiger partial charge >= 0.3 is 0 Å². The molecule has 0 aliphatic heterocycles. The van der Waals surface area contributed by atoms with E-state index in [1.165, 1.54) is 0 Å². The molecule has 4 heteroatoms. The number of nitrogens with two attached hydrogens (primary N) is 1. The van der Waals surface area contributed by atoms with E-state index in [1.54, 1.807) is 18.2 Å². The molecule has 0 saturated heterocycles. The van der Waals surface area contributed by atoms with Crippen molar-refractivity contribution in [2.45, 2.75) is 6.42 Å². The first-order valence-corrected chi connectivity index (χ1v) is 5.71. The molecular weight excluding hydrogens is 298 g/mol. The fraction of sp³-hybridized carbons (Fsp3) is 0.222. The lowest BCUT2D eigenvalue weighted by Gasteiger charge is -2.02. The quantitative estimate of drug-likeness (QED) is 0.530. The highest BCUT2D eigenvalue weighted by molar-refractivity contribution is 9.10. The molecule has 0 spiro atoms. The van der Waals surface area contributed by atoms with E-state index in [0.29, 0.717) is 23.0 Å². The predicted octanol–water partition coefficient (Wildman–Crippen LogP) is 3.00. The normalized spacial score (nSPS) is 10.0. The maximum absolute atomic E-state index is 11.5. The SMILES string of the molecule is Nc1ccc(C(=O)CCBr)c(Br)c1. The highest BCUT2D eigenvalue weighted by atomic mass is 79.9. The van der Waals surface area contributed by atoms with E-state index in [1.807, 2.05) is 0 Å². The zero-order valence-electron chi connectivity index (χ0n) is 6.89. The van der Waals surface area contributed by atoms with Crippen LogP contribution in [0.2, 0.25) is 0 Å². The van der Waals surface area contributed by atoms with E-state index in [-0.39, 0.29) is 5.78 Å². The van der Waals surface area contributed by atoms with Crippen molar-refractivity contribution in [1.29, 1.82) is 0 Å². The van der Waals surface area contributed by atoms with Crippen molar-refractivity contribution in [2.24, 2.45) is 0 Å². The van der Waals surface area contributed by atoms with E-state index < -0.39 is 0 Å². The van der Waals surface area contributed by atoms with Gasteiger partial charge in [0.2, 0.25) is 0 Å². The summed E-state index contributed by atoms with van der Waals surface area (Å²) in [6.07, 6.45) is 0.502. The lowest BCUT2D eigenvalue weighted by atomic mass is 10.1. The van der Waals surface area contributed by atoms with E-state index >= 15 is 0 Å². The van der Waals surface area contributed by atoms with Crippen LogP contribution in [0.4, 0.5) is 5.69 Å². The Morgan fingerprint density at radius 1 is 1.46 bits per heavy atom. The van der Waals surface area contributed by atoms with Crippen LogP contribution in [-0.4, -0.2) is 11.1 Å². The summed E-state index contributed by atoms with van der Waals surface area (Å²) in [5.74, 6) is 0.115. The highest BCUT2D eigenvalue weighted by Gasteiger charge is 2.08. The van der Waals surface area contributed by atoms with Gasteiger partial charge in [-0.25, -0.2) is 0 Å². The Labute approximate surface area is 93.8 Å². The first-order chi connectivity index (χ1) is 6.15. The molecule has 0 heterocycles. The number of carbonyl (C=O) groups excluding carboxylic acids is 1. The molecule has 0 fully saturated rings. The van der Waals surface area contributed by atoms with Crippen molar-refractivity contribution in [2.75, 3.05) is 11.1 Å². The van der Waals surface area contributed by atoms with Crippen molar-refractivity contribution in [3.63, 3.8) is 0 Å². The number of halogens is 2. The molecule has 0 radical (unpaired) electrons. The van der Waals surface area contributed by atoms with Crippen LogP contribution in [0.25, 0.3) is 0 Å². The fourth-order valence-electron chi connectivity index (χ4n) is 0.978. The van der Waals surface area contributed by atoms with Crippen LogP contribution in [0.5, 0.6) is 0 Å². The standard InChI is InChI=1S/C9H9Br2NO/c10-4-3-9(13)7-2-1-6(12)5-8(7)11/h1-2,5H,3-4,12H2. The van der Waals surface area contributed by atoms with Crippen LogP contribution >= 0.6 is 31.9 Å². The minimum Gasteiger partial charge on any atom is -0.399 e. The average Bonchev–Trinajstić information content (AvgIpc) is 2.04. The van der Waals surface area contributed by atoms with Crippen molar-refractivity contribution < 1.29 is 4.79 Å². The second-order valence-electron chi connectivity index (χ2n) is 2.60. The number of benzene rings is 1. The maximum Gasteiger partial charge on any atom is 0.164 e. The smallest absolute Gasteiger partial charge is 0.164 e. The number of Topliss-reactive ketones (excluding diaryl/α,β-unsaturated/α-hetero) is 1. The molecule has 0 amide bonds.